The molecule has 0 aromatic carbocycles. The van der Waals surface area contributed by atoms with Crippen molar-refractivity contribution in [1.82, 2.24) is 15.1 Å². The average molecular weight is 239 g/mol. The standard InChI is InChI=1S/C14H29N3/c1-15-14(13-4-5-13)11-17-8-6-12(7-9-17)10-16(2)3/h12-15H,4-11H2,1-3H3. The van der Waals surface area contributed by atoms with Crippen molar-refractivity contribution in [2.24, 2.45) is 11.8 Å². The van der Waals surface area contributed by atoms with Crippen LogP contribution in [0.25, 0.3) is 0 Å². The molecule has 1 saturated carbocycles. The second-order valence-electron chi connectivity index (χ2n) is 6.24. The molecule has 0 aromatic heterocycles. The molecule has 2 fully saturated rings. The van der Waals surface area contributed by atoms with Crippen LogP contribution in [0, 0.1) is 11.8 Å². The first-order valence-corrected chi connectivity index (χ1v) is 7.23. The van der Waals surface area contributed by atoms with Gasteiger partial charge in [-0.3, -0.25) is 0 Å². The van der Waals surface area contributed by atoms with Crippen LogP contribution < -0.4 is 5.32 Å². The molecule has 0 spiro atoms. The second-order valence-corrected chi connectivity index (χ2v) is 6.24. The first-order chi connectivity index (χ1) is 8.19. The molecular formula is C14H29N3. The van der Waals surface area contributed by atoms with Crippen molar-refractivity contribution in [3.8, 4) is 0 Å². The number of nitrogens with zero attached hydrogens (tertiary/aromatic N) is 2. The van der Waals surface area contributed by atoms with E-state index >= 15 is 0 Å². The first-order valence-electron chi connectivity index (χ1n) is 7.23. The van der Waals surface area contributed by atoms with E-state index in [1.54, 1.807) is 0 Å². The molecule has 1 heterocycles. The minimum atomic E-state index is 0.750. The minimum Gasteiger partial charge on any atom is -0.315 e. The Hall–Kier alpha value is -0.120. The van der Waals surface area contributed by atoms with Crippen LogP contribution in [-0.4, -0.2) is 63.2 Å². The van der Waals surface area contributed by atoms with Gasteiger partial charge in [0.25, 0.3) is 0 Å². The summed E-state index contributed by atoms with van der Waals surface area (Å²) in [6.45, 7) is 5.16. The van der Waals surface area contributed by atoms with Gasteiger partial charge in [-0.05, 0) is 71.8 Å². The number of hydrogen-bond donors (Lipinski definition) is 1. The van der Waals surface area contributed by atoms with Crippen LogP contribution in [0.4, 0.5) is 0 Å². The Bertz CT molecular complexity index is 218. The van der Waals surface area contributed by atoms with Gasteiger partial charge in [0.15, 0.2) is 0 Å². The van der Waals surface area contributed by atoms with Gasteiger partial charge in [-0.25, -0.2) is 0 Å². The molecule has 0 bridgehead atoms. The highest BCUT2D eigenvalue weighted by Gasteiger charge is 2.32. The molecule has 1 N–H and O–H groups in total. The molecule has 3 nitrogen and oxygen atoms in total. The topological polar surface area (TPSA) is 18.5 Å². The third-order valence-electron chi connectivity index (χ3n) is 4.35. The summed E-state index contributed by atoms with van der Waals surface area (Å²) < 4.78 is 0. The molecule has 1 unspecified atom stereocenters. The zero-order valence-electron chi connectivity index (χ0n) is 11.8. The molecule has 1 aliphatic carbocycles. The summed E-state index contributed by atoms with van der Waals surface area (Å²) >= 11 is 0. The molecule has 0 aromatic rings. The molecule has 1 atom stereocenters. The van der Waals surface area contributed by atoms with Gasteiger partial charge in [-0.2, -0.15) is 0 Å². The van der Waals surface area contributed by atoms with E-state index < -0.39 is 0 Å². The maximum absolute atomic E-state index is 3.50. The smallest absolute Gasteiger partial charge is 0.0220 e. The summed E-state index contributed by atoms with van der Waals surface area (Å²) in [5, 5.41) is 3.50. The van der Waals surface area contributed by atoms with E-state index in [0.717, 1.165) is 17.9 Å². The molecule has 0 radical (unpaired) electrons. The molecule has 17 heavy (non-hydrogen) atoms. The summed E-state index contributed by atoms with van der Waals surface area (Å²) in [6, 6.07) is 0.750. The number of likely N-dealkylation sites (tertiary alicyclic amines) is 1. The van der Waals surface area contributed by atoms with Gasteiger partial charge in [-0.15, -0.1) is 0 Å². The van der Waals surface area contributed by atoms with Crippen LogP contribution in [0.5, 0.6) is 0 Å². The molecular weight excluding hydrogens is 210 g/mol. The normalized spacial score (nSPS) is 25.4. The quantitative estimate of drug-likeness (QED) is 0.753. The summed E-state index contributed by atoms with van der Waals surface area (Å²) in [5.41, 5.74) is 0. The van der Waals surface area contributed by atoms with Crippen molar-refractivity contribution in [2.45, 2.75) is 31.7 Å². The van der Waals surface area contributed by atoms with Crippen molar-refractivity contribution in [3.05, 3.63) is 0 Å². The predicted octanol–water partition coefficient (Wildman–Crippen LogP) is 1.26. The van der Waals surface area contributed by atoms with Crippen LogP contribution in [0.2, 0.25) is 0 Å². The van der Waals surface area contributed by atoms with Crippen molar-refractivity contribution >= 4 is 0 Å². The summed E-state index contributed by atoms with van der Waals surface area (Å²) in [6.07, 6.45) is 5.67. The third-order valence-corrected chi connectivity index (χ3v) is 4.35. The fourth-order valence-corrected chi connectivity index (χ4v) is 3.12. The Kier molecular flexibility index (Phi) is 4.83. The lowest BCUT2D eigenvalue weighted by Crippen LogP contribution is -2.45. The minimum absolute atomic E-state index is 0.750. The average Bonchev–Trinajstić information content (AvgIpc) is 3.11. The lowest BCUT2D eigenvalue weighted by Gasteiger charge is -2.35. The Balaban J connectivity index is 1.67. The number of rotatable bonds is 6. The molecule has 2 rings (SSSR count). The van der Waals surface area contributed by atoms with Crippen molar-refractivity contribution < 1.29 is 0 Å². The largest absolute Gasteiger partial charge is 0.315 e. The molecule has 0 amide bonds. The van der Waals surface area contributed by atoms with Gasteiger partial charge in [0.1, 0.15) is 0 Å². The molecule has 100 valence electrons. The van der Waals surface area contributed by atoms with Gasteiger partial charge in [0, 0.05) is 19.1 Å². The van der Waals surface area contributed by atoms with E-state index in [2.05, 4.69) is 36.3 Å². The van der Waals surface area contributed by atoms with E-state index in [0.29, 0.717) is 0 Å². The molecule has 2 aliphatic rings. The summed E-state index contributed by atoms with van der Waals surface area (Å²) in [5.74, 6) is 1.90. The Morgan fingerprint density at radius 1 is 1.18 bits per heavy atom. The fourth-order valence-electron chi connectivity index (χ4n) is 3.12. The van der Waals surface area contributed by atoms with Gasteiger partial charge < -0.3 is 15.1 Å². The second kappa shape index (κ2) is 6.17. The monoisotopic (exact) mass is 239 g/mol. The van der Waals surface area contributed by atoms with E-state index in [1.807, 2.05) is 0 Å². The zero-order chi connectivity index (χ0) is 12.3. The van der Waals surface area contributed by atoms with E-state index in [1.165, 1.54) is 51.9 Å². The third kappa shape index (κ3) is 4.23. The highest BCUT2D eigenvalue weighted by atomic mass is 15.2. The van der Waals surface area contributed by atoms with E-state index in [-0.39, 0.29) is 0 Å². The highest BCUT2D eigenvalue weighted by molar-refractivity contribution is 4.88. The van der Waals surface area contributed by atoms with Gasteiger partial charge in [0.05, 0.1) is 0 Å². The summed E-state index contributed by atoms with van der Waals surface area (Å²) in [4.78, 5) is 5.01. The van der Waals surface area contributed by atoms with Gasteiger partial charge in [-0.1, -0.05) is 0 Å². The molecule has 1 aliphatic heterocycles. The van der Waals surface area contributed by atoms with Crippen LogP contribution in [0.1, 0.15) is 25.7 Å². The Labute approximate surface area is 107 Å². The Morgan fingerprint density at radius 3 is 2.29 bits per heavy atom. The first kappa shape index (κ1) is 13.3. The number of likely N-dealkylation sites (N-methyl/N-ethyl adjacent to an activating group) is 1. The number of nitrogens with one attached hydrogen (secondary N) is 1. The van der Waals surface area contributed by atoms with Crippen LogP contribution >= 0.6 is 0 Å². The molecule has 3 heteroatoms. The predicted molar refractivity (Wildman–Crippen MR) is 73.3 cm³/mol. The van der Waals surface area contributed by atoms with Gasteiger partial charge >= 0.3 is 0 Å². The van der Waals surface area contributed by atoms with Crippen molar-refractivity contribution in [1.29, 1.82) is 0 Å². The number of piperidine rings is 1. The lowest BCUT2D eigenvalue weighted by atomic mass is 9.96. The highest BCUT2D eigenvalue weighted by Crippen LogP contribution is 2.33. The van der Waals surface area contributed by atoms with Crippen LogP contribution in [-0.2, 0) is 0 Å². The van der Waals surface area contributed by atoms with E-state index in [9.17, 15) is 0 Å². The van der Waals surface area contributed by atoms with Crippen LogP contribution in [0.15, 0.2) is 0 Å². The maximum atomic E-state index is 3.50. The van der Waals surface area contributed by atoms with Crippen molar-refractivity contribution in [2.75, 3.05) is 47.3 Å². The van der Waals surface area contributed by atoms with Crippen LogP contribution in [0.3, 0.4) is 0 Å². The number of hydrogen-bond acceptors (Lipinski definition) is 3. The lowest BCUT2D eigenvalue weighted by molar-refractivity contribution is 0.148. The van der Waals surface area contributed by atoms with Gasteiger partial charge in [0.2, 0.25) is 0 Å². The summed E-state index contributed by atoms with van der Waals surface area (Å²) in [7, 11) is 6.51. The molecule has 1 saturated heterocycles. The zero-order valence-corrected chi connectivity index (χ0v) is 11.8. The SMILES string of the molecule is CNC(CN1CCC(CN(C)C)CC1)C1CC1. The maximum Gasteiger partial charge on any atom is 0.0220 e. The van der Waals surface area contributed by atoms with E-state index in [4.69, 9.17) is 0 Å². The van der Waals surface area contributed by atoms with Crippen molar-refractivity contribution in [3.63, 3.8) is 0 Å². The Morgan fingerprint density at radius 2 is 1.82 bits per heavy atom. The fraction of sp³-hybridized carbons (Fsp3) is 1.00.